The minimum absolute atomic E-state index is 0.0876. The Labute approximate surface area is 213 Å². The molecule has 3 N–H and O–H groups in total. The van der Waals surface area contributed by atoms with Crippen molar-refractivity contribution in [3.63, 3.8) is 0 Å². The second-order valence-corrected chi connectivity index (χ2v) is 12.1. The van der Waals surface area contributed by atoms with Gasteiger partial charge in [0.2, 0.25) is 0 Å². The number of nitrogens with one attached hydrogen (secondary N) is 1. The number of rotatable bonds is 7. The summed E-state index contributed by atoms with van der Waals surface area (Å²) in [5, 5.41) is 2.89. The van der Waals surface area contributed by atoms with Crippen molar-refractivity contribution in [2.24, 2.45) is 5.73 Å². The van der Waals surface area contributed by atoms with Crippen molar-refractivity contribution in [2.75, 3.05) is 0 Å². The summed E-state index contributed by atoms with van der Waals surface area (Å²) in [6.07, 6.45) is 9.03. The number of carbonyl (C=O) groups excluding carboxylic acids is 1. The van der Waals surface area contributed by atoms with Gasteiger partial charge in [0.15, 0.2) is 0 Å². The molecule has 2 rings (SSSR count). The van der Waals surface area contributed by atoms with Crippen LogP contribution in [0.4, 0.5) is 4.79 Å². The number of hydrogen-bond donors (Lipinski definition) is 2. The van der Waals surface area contributed by atoms with Crippen LogP contribution in [0, 0.1) is 7.40 Å². The number of nitrogens with zero attached hydrogens (tertiary/aromatic N) is 4. The van der Waals surface area contributed by atoms with Crippen LogP contribution in [0.5, 0.6) is 0 Å². The standard InChI is InChI=1S/C13H22IN3O2.C8H14IN3/c1-12(2,3)19-11(18)16-13(4,5)6-7-17-8-10(14)15-9-17;1-8(2,10)3-4-12-5-7(9)11-6-12/h8-9H,6-7H2,1-5H3,(H,16,18);5-6H,3-4,10H2,1-2H3. The number of imidazole rings is 2. The molecule has 0 saturated heterocycles. The van der Waals surface area contributed by atoms with Crippen molar-refractivity contribution >= 4 is 51.3 Å². The summed E-state index contributed by atoms with van der Waals surface area (Å²) >= 11 is 4.37. The lowest BCUT2D eigenvalue weighted by Gasteiger charge is -2.28. The largest absolute Gasteiger partial charge is 0.444 e. The number of carbonyl (C=O) groups is 1. The van der Waals surface area contributed by atoms with E-state index in [0.717, 1.165) is 33.3 Å². The molecular formula is C21H36I2N6O2. The Morgan fingerprint density at radius 1 is 0.968 bits per heavy atom. The van der Waals surface area contributed by atoms with Gasteiger partial charge in [0.05, 0.1) is 12.7 Å². The number of aryl methyl sites for hydroxylation is 2. The summed E-state index contributed by atoms with van der Waals surface area (Å²) in [6.45, 7) is 15.4. The maximum Gasteiger partial charge on any atom is 0.408 e. The molecule has 2 aromatic rings. The summed E-state index contributed by atoms with van der Waals surface area (Å²) in [5.41, 5.74) is 4.97. The Kier molecular flexibility index (Phi) is 10.7. The maximum absolute atomic E-state index is 11.7. The van der Waals surface area contributed by atoms with E-state index in [9.17, 15) is 4.79 Å². The van der Waals surface area contributed by atoms with Gasteiger partial charge in [0.25, 0.3) is 0 Å². The quantitative estimate of drug-likeness (QED) is 0.417. The van der Waals surface area contributed by atoms with Crippen molar-refractivity contribution < 1.29 is 9.53 Å². The highest BCUT2D eigenvalue weighted by molar-refractivity contribution is 14.1. The number of halogens is 2. The number of amides is 1. The van der Waals surface area contributed by atoms with Gasteiger partial charge in [0.1, 0.15) is 13.0 Å². The second-order valence-electron chi connectivity index (χ2n) is 9.87. The Morgan fingerprint density at radius 3 is 1.77 bits per heavy atom. The molecular weight excluding hydrogens is 622 g/mol. The van der Waals surface area contributed by atoms with Crippen LogP contribution in [-0.4, -0.2) is 41.9 Å². The zero-order valence-electron chi connectivity index (χ0n) is 19.6. The average Bonchev–Trinajstić information content (AvgIpc) is 3.17. The van der Waals surface area contributed by atoms with Crippen LogP contribution in [0.1, 0.15) is 61.3 Å². The van der Waals surface area contributed by atoms with Gasteiger partial charge in [0, 0.05) is 36.6 Å². The smallest absolute Gasteiger partial charge is 0.408 e. The van der Waals surface area contributed by atoms with Crippen LogP contribution in [0.25, 0.3) is 0 Å². The molecule has 2 aromatic heterocycles. The fourth-order valence-electron chi connectivity index (χ4n) is 2.38. The zero-order chi connectivity index (χ0) is 23.9. The second kappa shape index (κ2) is 11.8. The SMILES string of the molecule is CC(C)(CCn1cnc(I)c1)NC(=O)OC(C)(C)C.CC(C)(N)CCn1cnc(I)c1. The Balaban J connectivity index is 0.000000343. The Bertz CT molecular complexity index is 818. The predicted molar refractivity (Wildman–Crippen MR) is 141 cm³/mol. The highest BCUT2D eigenvalue weighted by Gasteiger charge is 2.24. The third-order valence-electron chi connectivity index (χ3n) is 4.05. The van der Waals surface area contributed by atoms with Crippen molar-refractivity contribution in [1.29, 1.82) is 0 Å². The average molecular weight is 658 g/mol. The lowest BCUT2D eigenvalue weighted by Crippen LogP contribution is -2.46. The lowest BCUT2D eigenvalue weighted by molar-refractivity contribution is 0.0466. The van der Waals surface area contributed by atoms with E-state index in [-0.39, 0.29) is 17.2 Å². The molecule has 0 fully saturated rings. The van der Waals surface area contributed by atoms with Crippen LogP contribution in [-0.2, 0) is 17.8 Å². The van der Waals surface area contributed by atoms with Crippen LogP contribution < -0.4 is 11.1 Å². The minimum atomic E-state index is -0.472. The third-order valence-corrected chi connectivity index (χ3v) is 5.17. The van der Waals surface area contributed by atoms with Crippen LogP contribution in [0.2, 0.25) is 0 Å². The first-order valence-corrected chi connectivity index (χ1v) is 12.3. The van der Waals surface area contributed by atoms with Gasteiger partial charge in [-0.1, -0.05) is 0 Å². The molecule has 8 nitrogen and oxygen atoms in total. The Hall–Kier alpha value is -0.890. The topological polar surface area (TPSA) is 100.0 Å². The lowest BCUT2D eigenvalue weighted by atomic mass is 10.0. The number of ether oxygens (including phenoxy) is 1. The molecule has 1 amide bonds. The zero-order valence-corrected chi connectivity index (χ0v) is 23.9. The molecule has 0 aliphatic rings. The van der Waals surface area contributed by atoms with E-state index in [1.54, 1.807) is 6.33 Å². The number of aromatic nitrogens is 4. The van der Waals surface area contributed by atoms with E-state index >= 15 is 0 Å². The van der Waals surface area contributed by atoms with Gasteiger partial charge in [-0.15, -0.1) is 0 Å². The summed E-state index contributed by atoms with van der Waals surface area (Å²) < 4.78 is 11.3. The van der Waals surface area contributed by atoms with Crippen molar-refractivity contribution in [3.05, 3.63) is 32.4 Å². The van der Waals surface area contributed by atoms with Gasteiger partial charge >= 0.3 is 6.09 Å². The van der Waals surface area contributed by atoms with Gasteiger partial charge in [-0.2, -0.15) is 0 Å². The summed E-state index contributed by atoms with van der Waals surface area (Å²) in [7, 11) is 0. The van der Waals surface area contributed by atoms with E-state index in [1.807, 2.05) is 71.8 Å². The molecule has 0 saturated carbocycles. The summed E-state index contributed by atoms with van der Waals surface area (Å²) in [5.74, 6) is 0. The molecule has 0 aliphatic heterocycles. The van der Waals surface area contributed by atoms with Gasteiger partial charge < -0.3 is 24.9 Å². The van der Waals surface area contributed by atoms with Gasteiger partial charge in [-0.3, -0.25) is 0 Å². The fourth-order valence-corrected chi connectivity index (χ4v) is 3.34. The molecule has 0 atom stereocenters. The monoisotopic (exact) mass is 658 g/mol. The van der Waals surface area contributed by atoms with E-state index in [1.165, 1.54) is 0 Å². The molecule has 31 heavy (non-hydrogen) atoms. The molecule has 2 heterocycles. The van der Waals surface area contributed by atoms with E-state index < -0.39 is 5.60 Å². The molecule has 10 heteroatoms. The molecule has 0 spiro atoms. The highest BCUT2D eigenvalue weighted by atomic mass is 127. The molecule has 0 aliphatic carbocycles. The molecule has 176 valence electrons. The van der Waals surface area contributed by atoms with E-state index in [2.05, 4.69) is 65.0 Å². The van der Waals surface area contributed by atoms with Crippen LogP contribution in [0.15, 0.2) is 25.0 Å². The summed E-state index contributed by atoms with van der Waals surface area (Å²) in [6, 6.07) is 0. The predicted octanol–water partition coefficient (Wildman–Crippen LogP) is 4.80. The molecule has 0 aromatic carbocycles. The van der Waals surface area contributed by atoms with Crippen molar-refractivity contribution in [1.82, 2.24) is 24.4 Å². The molecule has 0 radical (unpaired) electrons. The minimum Gasteiger partial charge on any atom is -0.444 e. The van der Waals surface area contributed by atoms with Crippen molar-refractivity contribution in [3.8, 4) is 0 Å². The van der Waals surface area contributed by atoms with Crippen LogP contribution in [0.3, 0.4) is 0 Å². The fraction of sp³-hybridized carbons (Fsp3) is 0.667. The Morgan fingerprint density at radius 2 is 1.42 bits per heavy atom. The first-order chi connectivity index (χ1) is 14.0. The van der Waals surface area contributed by atoms with Gasteiger partial charge in [-0.05, 0) is 106 Å². The first-order valence-electron chi connectivity index (χ1n) is 10.2. The van der Waals surface area contributed by atoms with E-state index in [4.69, 9.17) is 10.5 Å². The number of alkyl carbamates (subject to hydrolysis) is 1. The van der Waals surface area contributed by atoms with E-state index in [0.29, 0.717) is 0 Å². The number of hydrogen-bond acceptors (Lipinski definition) is 5. The highest BCUT2D eigenvalue weighted by Crippen LogP contribution is 2.14. The molecule has 0 unspecified atom stereocenters. The maximum atomic E-state index is 11.7. The first kappa shape index (κ1) is 28.1. The van der Waals surface area contributed by atoms with Crippen molar-refractivity contribution in [2.45, 2.75) is 91.1 Å². The van der Waals surface area contributed by atoms with Gasteiger partial charge in [-0.25, -0.2) is 14.8 Å². The van der Waals surface area contributed by atoms with Crippen LogP contribution >= 0.6 is 45.2 Å². The summed E-state index contributed by atoms with van der Waals surface area (Å²) in [4.78, 5) is 20.0. The molecule has 0 bridgehead atoms. The third kappa shape index (κ3) is 14.0. The number of nitrogens with two attached hydrogens (primary N) is 1. The normalized spacial score (nSPS) is 12.2.